The van der Waals surface area contributed by atoms with Gasteiger partial charge in [-0.1, -0.05) is 36.4 Å². The van der Waals surface area contributed by atoms with Gasteiger partial charge < -0.3 is 10.1 Å². The van der Waals surface area contributed by atoms with Crippen molar-refractivity contribution in [1.82, 2.24) is 9.38 Å². The van der Waals surface area contributed by atoms with Gasteiger partial charge in [0.15, 0.2) is 0 Å². The number of rotatable bonds is 2. The fraction of sp³-hybridized carbons (Fsp3) is 0.238. The summed E-state index contributed by atoms with van der Waals surface area (Å²) in [5, 5.41) is 5.20. The molecule has 130 valence electrons. The second-order valence-corrected chi connectivity index (χ2v) is 6.74. The molecule has 2 aromatic heterocycles. The molecule has 1 aliphatic rings. The van der Waals surface area contributed by atoms with Gasteiger partial charge in [-0.05, 0) is 31.9 Å². The Bertz CT molecular complexity index is 1160. The van der Waals surface area contributed by atoms with Crippen molar-refractivity contribution in [3.05, 3.63) is 54.4 Å². The molecule has 0 spiro atoms. The first kappa shape index (κ1) is 15.3. The van der Waals surface area contributed by atoms with Crippen LogP contribution in [0.15, 0.2) is 48.5 Å². The number of anilines is 1. The maximum atomic E-state index is 12.8. The van der Waals surface area contributed by atoms with Crippen molar-refractivity contribution in [2.75, 3.05) is 11.9 Å². The molecule has 1 unspecified atom stereocenters. The molecule has 26 heavy (non-hydrogen) atoms. The molecule has 0 radical (unpaired) electrons. The Morgan fingerprint density at radius 3 is 2.73 bits per heavy atom. The number of carbonyl (C=O) groups excluding carboxylic acids is 1. The predicted octanol–water partition coefficient (Wildman–Crippen LogP) is 4.07. The molecule has 4 aromatic rings. The van der Waals surface area contributed by atoms with Crippen LogP contribution in [0, 0.1) is 6.92 Å². The van der Waals surface area contributed by atoms with E-state index in [-0.39, 0.29) is 12.0 Å². The van der Waals surface area contributed by atoms with Gasteiger partial charge in [-0.25, -0.2) is 4.98 Å². The van der Waals surface area contributed by atoms with Crippen molar-refractivity contribution in [2.24, 2.45) is 0 Å². The summed E-state index contributed by atoms with van der Waals surface area (Å²) >= 11 is 0. The maximum Gasteiger partial charge on any atom is 0.253 e. The van der Waals surface area contributed by atoms with Gasteiger partial charge in [0.25, 0.3) is 5.91 Å². The van der Waals surface area contributed by atoms with E-state index in [1.54, 1.807) is 0 Å². The van der Waals surface area contributed by atoms with Crippen LogP contribution in [0.3, 0.4) is 0 Å². The molecular weight excluding hydrogens is 326 g/mol. The Morgan fingerprint density at radius 1 is 1.15 bits per heavy atom. The highest BCUT2D eigenvalue weighted by atomic mass is 16.5. The van der Waals surface area contributed by atoms with E-state index in [0.29, 0.717) is 6.61 Å². The number of nitrogens with zero attached hydrogens (tertiary/aromatic N) is 2. The van der Waals surface area contributed by atoms with Crippen molar-refractivity contribution in [1.29, 1.82) is 0 Å². The second kappa shape index (κ2) is 5.81. The lowest BCUT2D eigenvalue weighted by molar-refractivity contribution is -0.124. The van der Waals surface area contributed by atoms with E-state index in [1.807, 2.05) is 43.3 Å². The van der Waals surface area contributed by atoms with Gasteiger partial charge >= 0.3 is 0 Å². The van der Waals surface area contributed by atoms with Crippen LogP contribution < -0.4 is 5.32 Å². The molecule has 0 bridgehead atoms. The highest BCUT2D eigenvalue weighted by Gasteiger charge is 2.26. The monoisotopic (exact) mass is 345 g/mol. The molecule has 1 fully saturated rings. The number of aryl methyl sites for hydroxylation is 1. The van der Waals surface area contributed by atoms with E-state index in [9.17, 15) is 4.79 Å². The van der Waals surface area contributed by atoms with Gasteiger partial charge in [-0.3, -0.25) is 9.20 Å². The zero-order valence-corrected chi connectivity index (χ0v) is 14.5. The highest BCUT2D eigenvalue weighted by Crippen LogP contribution is 2.36. The summed E-state index contributed by atoms with van der Waals surface area (Å²) in [4.78, 5) is 17.5. The minimum Gasteiger partial charge on any atom is -0.368 e. The van der Waals surface area contributed by atoms with Gasteiger partial charge in [-0.15, -0.1) is 0 Å². The van der Waals surface area contributed by atoms with Gasteiger partial charge in [0.1, 0.15) is 11.9 Å². The SMILES string of the molecule is Cc1nc2ccccc2c2c(NC(=O)C3CCCO3)c3ccccc3n12. The third-order valence-electron chi connectivity index (χ3n) is 5.11. The van der Waals surface area contributed by atoms with E-state index in [2.05, 4.69) is 21.9 Å². The quantitative estimate of drug-likeness (QED) is 0.596. The predicted molar refractivity (Wildman–Crippen MR) is 103 cm³/mol. The second-order valence-electron chi connectivity index (χ2n) is 6.74. The Morgan fingerprint density at radius 2 is 1.92 bits per heavy atom. The number of carbonyl (C=O) groups is 1. The number of ether oxygens (including phenoxy) is 1. The first-order valence-corrected chi connectivity index (χ1v) is 8.95. The molecule has 0 saturated carbocycles. The minimum absolute atomic E-state index is 0.0701. The van der Waals surface area contributed by atoms with Crippen LogP contribution in [0.25, 0.3) is 27.3 Å². The summed E-state index contributed by atoms with van der Waals surface area (Å²) in [5.41, 5.74) is 3.79. The van der Waals surface area contributed by atoms with Crippen LogP contribution >= 0.6 is 0 Å². The largest absolute Gasteiger partial charge is 0.368 e. The van der Waals surface area contributed by atoms with E-state index in [4.69, 9.17) is 9.72 Å². The molecule has 5 rings (SSSR count). The first-order valence-electron chi connectivity index (χ1n) is 8.95. The van der Waals surface area contributed by atoms with Crippen LogP contribution in [0.2, 0.25) is 0 Å². The first-order chi connectivity index (χ1) is 12.7. The standard InChI is InChI=1S/C21H19N3O2/c1-13-22-16-9-4-2-7-14(16)20-19(23-21(25)18-11-6-12-26-18)15-8-3-5-10-17(15)24(13)20/h2-5,7-10,18H,6,11-12H2,1H3,(H,23,25). The van der Waals surface area contributed by atoms with Gasteiger partial charge in [-0.2, -0.15) is 0 Å². The number of aromatic nitrogens is 2. The van der Waals surface area contributed by atoms with Crippen LogP contribution in [0.5, 0.6) is 0 Å². The Kier molecular flexibility index (Phi) is 3.43. The van der Waals surface area contributed by atoms with Gasteiger partial charge in [0.05, 0.1) is 22.2 Å². The number of hydrogen-bond acceptors (Lipinski definition) is 3. The smallest absolute Gasteiger partial charge is 0.253 e. The van der Waals surface area contributed by atoms with Gasteiger partial charge in [0, 0.05) is 17.4 Å². The van der Waals surface area contributed by atoms with Crippen LogP contribution in [-0.2, 0) is 9.53 Å². The minimum atomic E-state index is -0.363. The number of nitrogens with one attached hydrogen (secondary N) is 1. The molecule has 1 aliphatic heterocycles. The molecule has 1 N–H and O–H groups in total. The van der Waals surface area contributed by atoms with E-state index in [1.165, 1.54) is 0 Å². The molecule has 3 heterocycles. The van der Waals surface area contributed by atoms with E-state index >= 15 is 0 Å². The van der Waals surface area contributed by atoms with E-state index < -0.39 is 0 Å². The lowest BCUT2D eigenvalue weighted by atomic mass is 10.1. The summed E-state index contributed by atoms with van der Waals surface area (Å²) < 4.78 is 7.70. The fourth-order valence-corrected chi connectivity index (χ4v) is 3.94. The molecule has 1 atom stereocenters. The van der Waals surface area contributed by atoms with Crippen LogP contribution in [0.4, 0.5) is 5.69 Å². The lowest BCUT2D eigenvalue weighted by Gasteiger charge is -2.12. The van der Waals surface area contributed by atoms with E-state index in [0.717, 1.165) is 51.7 Å². The average molecular weight is 345 g/mol. The van der Waals surface area contributed by atoms with Gasteiger partial charge in [0.2, 0.25) is 0 Å². The third kappa shape index (κ3) is 2.21. The van der Waals surface area contributed by atoms with Crippen LogP contribution in [-0.4, -0.2) is 28.0 Å². The van der Waals surface area contributed by atoms with Crippen molar-refractivity contribution in [2.45, 2.75) is 25.9 Å². The molecule has 1 saturated heterocycles. The van der Waals surface area contributed by atoms with Crippen molar-refractivity contribution in [3.8, 4) is 0 Å². The number of para-hydroxylation sites is 2. The summed E-state index contributed by atoms with van der Waals surface area (Å²) in [5.74, 6) is 0.826. The zero-order chi connectivity index (χ0) is 17.7. The average Bonchev–Trinajstić information content (AvgIpc) is 3.30. The zero-order valence-electron chi connectivity index (χ0n) is 14.5. The highest BCUT2D eigenvalue weighted by molar-refractivity contribution is 6.16. The topological polar surface area (TPSA) is 55.6 Å². The molecule has 1 amide bonds. The number of fused-ring (bicyclic) bond motifs is 5. The summed E-state index contributed by atoms with van der Waals surface area (Å²) in [6, 6.07) is 16.2. The Hall–Kier alpha value is -2.92. The number of amides is 1. The molecular formula is C21H19N3O2. The summed E-state index contributed by atoms with van der Waals surface area (Å²) in [6.07, 6.45) is 1.34. The molecule has 0 aliphatic carbocycles. The van der Waals surface area contributed by atoms with Crippen molar-refractivity contribution < 1.29 is 9.53 Å². The molecule has 5 nitrogen and oxygen atoms in total. The number of hydrogen-bond donors (Lipinski definition) is 1. The lowest BCUT2D eigenvalue weighted by Crippen LogP contribution is -2.26. The van der Waals surface area contributed by atoms with Crippen LogP contribution in [0.1, 0.15) is 18.7 Å². The normalized spacial score (nSPS) is 17.3. The van der Waals surface area contributed by atoms with Crippen molar-refractivity contribution >= 4 is 38.9 Å². The van der Waals surface area contributed by atoms with Crippen molar-refractivity contribution in [3.63, 3.8) is 0 Å². The molecule has 2 aromatic carbocycles. The summed E-state index contributed by atoms with van der Waals surface area (Å²) in [6.45, 7) is 2.65. The number of benzene rings is 2. The Labute approximate surface area is 150 Å². The summed E-state index contributed by atoms with van der Waals surface area (Å²) in [7, 11) is 0. The molecule has 5 heteroatoms. The fourth-order valence-electron chi connectivity index (χ4n) is 3.94. The Balaban J connectivity index is 1.83. The maximum absolute atomic E-state index is 12.8. The third-order valence-corrected chi connectivity index (χ3v) is 5.11.